The smallest absolute Gasteiger partial charge is 0.122 e. The third-order valence-corrected chi connectivity index (χ3v) is 5.35. The molecule has 112 valence electrons. The van der Waals surface area contributed by atoms with E-state index < -0.39 is 0 Å². The van der Waals surface area contributed by atoms with E-state index in [9.17, 15) is 0 Å². The zero-order valence-electron chi connectivity index (χ0n) is 13.0. The molecule has 0 saturated carbocycles. The van der Waals surface area contributed by atoms with Gasteiger partial charge in [0, 0.05) is 21.2 Å². The van der Waals surface area contributed by atoms with Gasteiger partial charge in [-0.25, -0.2) is 0 Å². The van der Waals surface area contributed by atoms with Crippen LogP contribution in [-0.4, -0.2) is 13.2 Å². The van der Waals surface area contributed by atoms with Gasteiger partial charge in [0.25, 0.3) is 0 Å². The summed E-state index contributed by atoms with van der Waals surface area (Å²) < 4.78 is 5.90. The van der Waals surface area contributed by atoms with Crippen LogP contribution in [0.5, 0.6) is 5.75 Å². The molecule has 21 heavy (non-hydrogen) atoms. The van der Waals surface area contributed by atoms with E-state index in [0.717, 1.165) is 25.3 Å². The first-order chi connectivity index (χ1) is 10.2. The Hall–Kier alpha value is -1.32. The fourth-order valence-electron chi connectivity index (χ4n) is 3.15. The van der Waals surface area contributed by atoms with Crippen LogP contribution in [0, 0.1) is 13.8 Å². The number of thiophene rings is 1. The van der Waals surface area contributed by atoms with Crippen molar-refractivity contribution in [1.82, 2.24) is 5.32 Å². The fraction of sp³-hybridized carbons (Fsp3) is 0.444. The van der Waals surface area contributed by atoms with Crippen LogP contribution in [0.1, 0.15) is 46.2 Å². The highest BCUT2D eigenvalue weighted by molar-refractivity contribution is 7.12. The predicted molar refractivity (Wildman–Crippen MR) is 89.5 cm³/mol. The molecule has 0 amide bonds. The highest BCUT2D eigenvalue weighted by Crippen LogP contribution is 2.43. The fourth-order valence-corrected chi connectivity index (χ4v) is 4.33. The van der Waals surface area contributed by atoms with E-state index in [1.54, 1.807) is 0 Å². The van der Waals surface area contributed by atoms with Gasteiger partial charge in [-0.2, -0.15) is 0 Å². The molecule has 3 rings (SSSR count). The second-order valence-corrected chi connectivity index (χ2v) is 7.08. The van der Waals surface area contributed by atoms with E-state index >= 15 is 0 Å². The van der Waals surface area contributed by atoms with Crippen LogP contribution >= 0.6 is 11.3 Å². The number of nitrogens with one attached hydrogen (secondary N) is 1. The second kappa shape index (κ2) is 6.20. The molecular weight excluding hydrogens is 278 g/mol. The summed E-state index contributed by atoms with van der Waals surface area (Å²) in [6, 6.07) is 11.1. The molecule has 1 N–H and O–H groups in total. The van der Waals surface area contributed by atoms with Crippen molar-refractivity contribution >= 4 is 11.3 Å². The third-order valence-electron chi connectivity index (χ3n) is 4.12. The van der Waals surface area contributed by atoms with Crippen LogP contribution in [-0.2, 0) is 0 Å². The number of aryl methyl sites for hydroxylation is 2. The predicted octanol–water partition coefficient (Wildman–Crippen LogP) is 4.58. The summed E-state index contributed by atoms with van der Waals surface area (Å²) in [6.45, 7) is 8.45. The summed E-state index contributed by atoms with van der Waals surface area (Å²) in [6.07, 6.45) is 1.15. The van der Waals surface area contributed by atoms with Crippen molar-refractivity contribution in [2.45, 2.75) is 39.2 Å². The lowest BCUT2D eigenvalue weighted by Gasteiger charge is -2.24. The van der Waals surface area contributed by atoms with Crippen LogP contribution in [0.2, 0.25) is 0 Å². The zero-order valence-corrected chi connectivity index (χ0v) is 13.8. The molecule has 1 aromatic heterocycles. The highest BCUT2D eigenvalue weighted by Gasteiger charge is 2.33. The largest absolute Gasteiger partial charge is 0.493 e. The minimum Gasteiger partial charge on any atom is -0.493 e. The number of hydrogen-bond acceptors (Lipinski definition) is 3. The Balaban J connectivity index is 1.95. The van der Waals surface area contributed by atoms with E-state index in [0.29, 0.717) is 12.0 Å². The van der Waals surface area contributed by atoms with Crippen molar-refractivity contribution in [2.75, 3.05) is 13.2 Å². The molecule has 1 aliphatic heterocycles. The van der Waals surface area contributed by atoms with E-state index in [2.05, 4.69) is 56.4 Å². The van der Waals surface area contributed by atoms with Gasteiger partial charge in [0.15, 0.2) is 0 Å². The number of ether oxygens (including phenoxy) is 1. The lowest BCUT2D eigenvalue weighted by molar-refractivity contribution is 0.300. The first-order valence-electron chi connectivity index (χ1n) is 7.72. The second-order valence-electron chi connectivity index (χ2n) is 5.79. The van der Waals surface area contributed by atoms with Gasteiger partial charge in [0.1, 0.15) is 5.75 Å². The molecule has 0 aliphatic carbocycles. The average Bonchev–Trinajstić information content (AvgIpc) is 3.04. The number of hydrogen-bond donors (Lipinski definition) is 1. The first kappa shape index (κ1) is 14.6. The van der Waals surface area contributed by atoms with Gasteiger partial charge in [-0.3, -0.25) is 0 Å². The van der Waals surface area contributed by atoms with E-state index in [4.69, 9.17) is 4.74 Å². The lowest BCUT2D eigenvalue weighted by Crippen LogP contribution is -2.28. The van der Waals surface area contributed by atoms with Crippen LogP contribution in [0.15, 0.2) is 30.3 Å². The Kier molecular flexibility index (Phi) is 4.32. The normalized spacial score (nSPS) is 18.3. The Morgan fingerprint density at radius 3 is 2.86 bits per heavy atom. The molecule has 2 nitrogen and oxygen atoms in total. The van der Waals surface area contributed by atoms with Crippen molar-refractivity contribution in [3.8, 4) is 5.75 Å². The highest BCUT2D eigenvalue weighted by atomic mass is 32.1. The minimum atomic E-state index is 0.354. The van der Waals surface area contributed by atoms with E-state index in [1.165, 1.54) is 20.9 Å². The summed E-state index contributed by atoms with van der Waals surface area (Å²) in [5.41, 5.74) is 2.74. The van der Waals surface area contributed by atoms with Crippen LogP contribution in [0.4, 0.5) is 0 Å². The number of fused-ring (bicyclic) bond motifs is 1. The molecule has 2 unspecified atom stereocenters. The van der Waals surface area contributed by atoms with Gasteiger partial charge in [-0.05, 0) is 44.5 Å². The molecule has 2 aromatic rings. The van der Waals surface area contributed by atoms with E-state index in [1.807, 2.05) is 11.3 Å². The maximum atomic E-state index is 5.90. The summed E-state index contributed by atoms with van der Waals surface area (Å²) in [5.74, 6) is 1.46. The quantitative estimate of drug-likeness (QED) is 0.872. The van der Waals surface area contributed by atoms with Crippen LogP contribution in [0.3, 0.4) is 0 Å². The first-order valence-corrected chi connectivity index (χ1v) is 8.54. The monoisotopic (exact) mass is 301 g/mol. The number of para-hydroxylation sites is 1. The van der Waals surface area contributed by atoms with Crippen molar-refractivity contribution in [1.29, 1.82) is 0 Å². The molecule has 0 radical (unpaired) electrons. The maximum Gasteiger partial charge on any atom is 0.122 e. The molecule has 1 aromatic carbocycles. The Morgan fingerprint density at radius 1 is 1.33 bits per heavy atom. The van der Waals surface area contributed by atoms with Crippen molar-refractivity contribution in [3.63, 3.8) is 0 Å². The van der Waals surface area contributed by atoms with Gasteiger partial charge >= 0.3 is 0 Å². The van der Waals surface area contributed by atoms with Crippen LogP contribution in [0.25, 0.3) is 0 Å². The van der Waals surface area contributed by atoms with Gasteiger partial charge in [-0.15, -0.1) is 11.3 Å². The Morgan fingerprint density at radius 2 is 2.14 bits per heavy atom. The Bertz CT molecular complexity index is 619. The summed E-state index contributed by atoms with van der Waals surface area (Å²) >= 11 is 1.92. The molecule has 1 aliphatic rings. The number of benzene rings is 1. The Labute approximate surface area is 131 Å². The maximum absolute atomic E-state index is 5.90. The number of rotatable bonds is 5. The average molecular weight is 301 g/mol. The van der Waals surface area contributed by atoms with E-state index in [-0.39, 0.29) is 0 Å². The van der Waals surface area contributed by atoms with Gasteiger partial charge in [0.2, 0.25) is 0 Å². The topological polar surface area (TPSA) is 21.3 Å². The molecule has 0 saturated heterocycles. The van der Waals surface area contributed by atoms with Gasteiger partial charge in [-0.1, -0.05) is 25.1 Å². The van der Waals surface area contributed by atoms with Gasteiger partial charge < -0.3 is 10.1 Å². The zero-order chi connectivity index (χ0) is 14.8. The SMILES string of the molecule is CCCNC(c1sc(C)cc1C)C1COc2ccccc21. The molecule has 0 bridgehead atoms. The molecule has 0 fully saturated rings. The van der Waals surface area contributed by atoms with Crippen molar-refractivity contribution in [3.05, 3.63) is 51.2 Å². The standard InChI is InChI=1S/C18H23NOS/c1-4-9-19-17(18-12(2)10-13(3)21-18)15-11-20-16-8-6-5-7-14(15)16/h5-8,10,15,17,19H,4,9,11H2,1-3H3. The summed E-state index contributed by atoms with van der Waals surface area (Å²) in [5, 5.41) is 3.75. The lowest BCUT2D eigenvalue weighted by atomic mass is 9.91. The summed E-state index contributed by atoms with van der Waals surface area (Å²) in [4.78, 5) is 2.85. The van der Waals surface area contributed by atoms with Crippen molar-refractivity contribution < 1.29 is 4.74 Å². The minimum absolute atomic E-state index is 0.354. The molecule has 0 spiro atoms. The molecule has 2 atom stereocenters. The molecule has 3 heteroatoms. The molecular formula is C18H23NOS. The molecule has 2 heterocycles. The summed E-state index contributed by atoms with van der Waals surface area (Å²) in [7, 11) is 0. The van der Waals surface area contributed by atoms with Crippen molar-refractivity contribution in [2.24, 2.45) is 0 Å². The van der Waals surface area contributed by atoms with Crippen LogP contribution < -0.4 is 10.1 Å². The van der Waals surface area contributed by atoms with Gasteiger partial charge in [0.05, 0.1) is 12.6 Å². The third kappa shape index (κ3) is 2.85.